The highest BCUT2D eigenvalue weighted by Crippen LogP contribution is 2.36. The third kappa shape index (κ3) is 6.69. The Bertz CT molecular complexity index is 2120. The predicted octanol–water partition coefficient (Wildman–Crippen LogP) is 7.31. The molecule has 2 fully saturated rings. The van der Waals surface area contributed by atoms with Crippen molar-refractivity contribution < 1.29 is 24.2 Å². The van der Waals surface area contributed by atoms with Gasteiger partial charge in [0.2, 0.25) is 5.91 Å². The van der Waals surface area contributed by atoms with E-state index in [1.54, 1.807) is 6.20 Å². The Morgan fingerprint density at radius 1 is 0.863 bits per heavy atom. The Labute approximate surface area is 295 Å². The first-order valence-electron chi connectivity index (χ1n) is 17.2. The van der Waals surface area contributed by atoms with Gasteiger partial charge >= 0.3 is 12.2 Å². The average Bonchev–Trinajstić information content (AvgIpc) is 3.96. The maximum atomic E-state index is 13.5. The minimum absolute atomic E-state index is 0.101. The van der Waals surface area contributed by atoms with Gasteiger partial charge in [0, 0.05) is 18.7 Å². The minimum Gasteiger partial charge on any atom is -0.465 e. The molecule has 4 N–H and O–H groups in total. The Hall–Kier alpha value is -5.91. The lowest BCUT2D eigenvalue weighted by molar-refractivity contribution is -0.135. The summed E-state index contributed by atoms with van der Waals surface area (Å²) >= 11 is 0. The maximum Gasteiger partial charge on any atom is 0.408 e. The summed E-state index contributed by atoms with van der Waals surface area (Å²) < 4.78 is 4.75. The Morgan fingerprint density at radius 3 is 2.10 bits per heavy atom. The highest BCUT2D eigenvalue weighted by molar-refractivity contribution is 5.91. The van der Waals surface area contributed by atoms with Crippen LogP contribution in [0.2, 0.25) is 0 Å². The number of aromatic amines is 2. The molecule has 0 radical (unpaired) electrons. The minimum atomic E-state index is -0.975. The van der Waals surface area contributed by atoms with Crippen molar-refractivity contribution >= 4 is 28.9 Å². The summed E-state index contributed by atoms with van der Waals surface area (Å²) in [6, 6.07) is 19.7. The summed E-state index contributed by atoms with van der Waals surface area (Å²) in [5.41, 5.74) is 6.69. The molecular weight excluding hydrogens is 646 g/mol. The van der Waals surface area contributed by atoms with Crippen molar-refractivity contribution in [3.63, 3.8) is 0 Å². The van der Waals surface area contributed by atoms with E-state index in [1.165, 1.54) is 12.0 Å². The van der Waals surface area contributed by atoms with E-state index in [9.17, 15) is 19.5 Å². The molecule has 2 saturated heterocycles. The molecule has 4 heterocycles. The molecule has 51 heavy (non-hydrogen) atoms. The van der Waals surface area contributed by atoms with Gasteiger partial charge in [-0.2, -0.15) is 0 Å². The van der Waals surface area contributed by atoms with Gasteiger partial charge in [0.15, 0.2) is 0 Å². The van der Waals surface area contributed by atoms with E-state index in [0.29, 0.717) is 25.3 Å². The fourth-order valence-electron chi connectivity index (χ4n) is 7.18. The summed E-state index contributed by atoms with van der Waals surface area (Å²) in [5.74, 6) is 1.11. The molecule has 0 bridgehead atoms. The molecule has 12 nitrogen and oxygen atoms in total. The third-order valence-corrected chi connectivity index (χ3v) is 9.93. The summed E-state index contributed by atoms with van der Waals surface area (Å²) in [5, 5.41) is 14.5. The number of alkyl carbamates (subject to hydrolysis) is 1. The van der Waals surface area contributed by atoms with Gasteiger partial charge in [0.25, 0.3) is 0 Å². The van der Waals surface area contributed by atoms with Crippen LogP contribution < -0.4 is 5.32 Å². The number of nitrogens with zero attached hydrogens (tertiary/aromatic N) is 4. The lowest BCUT2D eigenvalue weighted by atomic mass is 9.98. The number of amides is 3. The van der Waals surface area contributed by atoms with Crippen molar-refractivity contribution in [2.45, 2.75) is 51.2 Å². The van der Waals surface area contributed by atoms with Crippen LogP contribution in [0.4, 0.5) is 9.59 Å². The number of imidazole rings is 2. The van der Waals surface area contributed by atoms with Gasteiger partial charge in [-0.15, -0.1) is 0 Å². The third-order valence-electron chi connectivity index (χ3n) is 9.93. The van der Waals surface area contributed by atoms with Crippen LogP contribution in [0.25, 0.3) is 44.4 Å². The first-order valence-corrected chi connectivity index (χ1v) is 17.2. The molecule has 5 aromatic rings. The van der Waals surface area contributed by atoms with Crippen LogP contribution in [-0.2, 0) is 9.53 Å². The molecule has 0 saturated carbocycles. The molecule has 2 aliphatic rings. The molecule has 0 aliphatic carbocycles. The lowest BCUT2D eigenvalue weighted by Gasteiger charge is -2.30. The number of ether oxygens (including phenoxy) is 1. The number of nitrogens with one attached hydrogen (secondary N) is 3. The van der Waals surface area contributed by atoms with Crippen LogP contribution in [0.3, 0.4) is 0 Å². The predicted molar refractivity (Wildman–Crippen MR) is 194 cm³/mol. The molecule has 2 aliphatic heterocycles. The number of carbonyl (C=O) groups excluding carboxylic acids is 2. The smallest absolute Gasteiger partial charge is 0.408 e. The molecule has 3 unspecified atom stereocenters. The van der Waals surface area contributed by atoms with Crippen LogP contribution in [0.15, 0.2) is 85.2 Å². The molecule has 0 spiro atoms. The number of likely N-dealkylation sites (tertiary alicyclic amines) is 2. The van der Waals surface area contributed by atoms with Gasteiger partial charge in [-0.25, -0.2) is 19.6 Å². The number of methoxy groups -OCH3 is 1. The second-order valence-electron chi connectivity index (χ2n) is 13.6. The van der Waals surface area contributed by atoms with Gasteiger partial charge in [-0.05, 0) is 64.8 Å². The normalized spacial score (nSPS) is 18.1. The molecule has 3 amide bonds. The quantitative estimate of drug-likeness (QED) is 0.125. The number of hydrogen-bond donors (Lipinski definition) is 4. The van der Waals surface area contributed by atoms with Gasteiger partial charge in [0.1, 0.15) is 17.7 Å². The molecule has 3 aromatic carbocycles. The van der Waals surface area contributed by atoms with E-state index in [4.69, 9.17) is 4.74 Å². The van der Waals surface area contributed by atoms with Crippen LogP contribution in [-0.4, -0.2) is 79.2 Å². The van der Waals surface area contributed by atoms with Crippen molar-refractivity contribution in [2.75, 3.05) is 20.2 Å². The van der Waals surface area contributed by atoms with E-state index < -0.39 is 18.2 Å². The number of carbonyl (C=O) groups is 3. The van der Waals surface area contributed by atoms with Gasteiger partial charge in [-0.1, -0.05) is 74.5 Å². The fourth-order valence-corrected chi connectivity index (χ4v) is 7.18. The largest absolute Gasteiger partial charge is 0.465 e. The van der Waals surface area contributed by atoms with E-state index in [-0.39, 0.29) is 23.9 Å². The number of aromatic nitrogens is 4. The van der Waals surface area contributed by atoms with Crippen LogP contribution >= 0.6 is 0 Å². The van der Waals surface area contributed by atoms with Gasteiger partial charge in [-0.3, -0.25) is 9.69 Å². The SMILES string of the molecule is C=C1CC(c2ncc(-c3ccc(-c4ccc5cc(-c6cnc(C7CCCN7C(=O)C(NC(=O)OC)C(C)C)[nH]6)ccc5c4)cc3)[nH]2)N(C(=O)O)C1. The first-order chi connectivity index (χ1) is 24.6. The van der Waals surface area contributed by atoms with Crippen molar-refractivity contribution in [3.8, 4) is 33.6 Å². The van der Waals surface area contributed by atoms with E-state index in [2.05, 4.69) is 80.4 Å². The number of carboxylic acid groups (broad SMARTS) is 1. The molecule has 3 atom stereocenters. The van der Waals surface area contributed by atoms with E-state index in [1.807, 2.05) is 37.1 Å². The number of fused-ring (bicyclic) bond motifs is 1. The Balaban J connectivity index is 1.05. The topological polar surface area (TPSA) is 157 Å². The standard InChI is InChI=1S/C39H41N7O5/c1-22(2)34(44-38(48)51-4)37(47)45-15-5-6-32(45)35-40-20-31(43-35)29-14-13-27-17-26(11-12-28(27)18-29)24-7-9-25(10-8-24)30-19-41-36(42-30)33-16-23(3)21-46(33)39(49)50/h7-14,17-20,22,32-34H,3,5-6,15-16,21H2,1-2,4H3,(H,40,43)(H,41,42)(H,44,48)(H,49,50). The van der Waals surface area contributed by atoms with Crippen LogP contribution in [0, 0.1) is 5.92 Å². The second-order valence-corrected chi connectivity index (χ2v) is 13.6. The zero-order valence-electron chi connectivity index (χ0n) is 28.8. The lowest BCUT2D eigenvalue weighted by Crippen LogP contribution is -2.51. The van der Waals surface area contributed by atoms with Gasteiger partial charge in [0.05, 0.1) is 43.0 Å². The van der Waals surface area contributed by atoms with Crippen LogP contribution in [0.5, 0.6) is 0 Å². The number of hydrogen-bond acceptors (Lipinski definition) is 6. The molecular formula is C39H41N7O5. The number of H-pyrrole nitrogens is 2. The summed E-state index contributed by atoms with van der Waals surface area (Å²) in [7, 11) is 1.29. The van der Waals surface area contributed by atoms with E-state index in [0.717, 1.165) is 68.7 Å². The molecule has 7 rings (SSSR count). The van der Waals surface area contributed by atoms with Crippen molar-refractivity contribution in [1.29, 1.82) is 0 Å². The second kappa shape index (κ2) is 13.8. The zero-order valence-corrected chi connectivity index (χ0v) is 28.8. The summed E-state index contributed by atoms with van der Waals surface area (Å²) in [6.07, 6.45) is 4.16. The van der Waals surface area contributed by atoms with Crippen molar-refractivity contribution in [2.24, 2.45) is 5.92 Å². The molecule has 12 heteroatoms. The summed E-state index contributed by atoms with van der Waals surface area (Å²) in [6.45, 7) is 8.69. The highest BCUT2D eigenvalue weighted by Gasteiger charge is 2.38. The maximum absolute atomic E-state index is 13.5. The van der Waals surface area contributed by atoms with Gasteiger partial charge < -0.3 is 30.0 Å². The number of benzene rings is 3. The highest BCUT2D eigenvalue weighted by atomic mass is 16.5. The molecule has 262 valence electrons. The zero-order chi connectivity index (χ0) is 35.8. The van der Waals surface area contributed by atoms with Crippen molar-refractivity contribution in [3.05, 3.63) is 96.9 Å². The Morgan fingerprint density at radius 2 is 1.45 bits per heavy atom. The number of rotatable bonds is 8. The van der Waals surface area contributed by atoms with Crippen molar-refractivity contribution in [1.82, 2.24) is 35.1 Å². The fraction of sp³-hybridized carbons (Fsp3) is 0.308. The summed E-state index contributed by atoms with van der Waals surface area (Å²) in [4.78, 5) is 56.3. The average molecular weight is 688 g/mol. The molecule has 2 aromatic heterocycles. The monoisotopic (exact) mass is 687 g/mol. The van der Waals surface area contributed by atoms with Crippen LogP contribution in [0.1, 0.15) is 56.8 Å². The van der Waals surface area contributed by atoms with E-state index >= 15 is 0 Å². The first kappa shape index (κ1) is 33.6. The Kier molecular flexibility index (Phi) is 9.07.